The second-order valence-electron chi connectivity index (χ2n) is 5.31. The first-order chi connectivity index (χ1) is 7.47. The van der Waals surface area contributed by atoms with Crippen LogP contribution in [0.25, 0.3) is 0 Å². The monoisotopic (exact) mass is 264 g/mol. The number of amides is 1. The number of methoxy groups -OCH3 is 1. The molecule has 1 rings (SSSR count). The number of hydrogen-bond donors (Lipinski definition) is 1. The van der Waals surface area contributed by atoms with Crippen molar-refractivity contribution < 1.29 is 9.53 Å². The van der Waals surface area contributed by atoms with Crippen molar-refractivity contribution in [1.82, 2.24) is 4.90 Å². The van der Waals surface area contributed by atoms with Gasteiger partial charge in [-0.3, -0.25) is 4.79 Å². The molecule has 1 amide bonds. The fourth-order valence-corrected chi connectivity index (χ4v) is 2.19. The van der Waals surface area contributed by atoms with Gasteiger partial charge in [0.1, 0.15) is 0 Å². The Hall–Kier alpha value is -0.320. The van der Waals surface area contributed by atoms with E-state index in [0.717, 1.165) is 32.5 Å². The highest BCUT2D eigenvalue weighted by Gasteiger charge is 2.31. The number of rotatable bonds is 4. The zero-order valence-corrected chi connectivity index (χ0v) is 11.9. The molecule has 0 radical (unpaired) electrons. The summed E-state index contributed by atoms with van der Waals surface area (Å²) in [6.45, 7) is 6.56. The highest BCUT2D eigenvalue weighted by atomic mass is 35.5. The molecule has 17 heavy (non-hydrogen) atoms. The number of nitrogens with two attached hydrogens (primary N) is 1. The average molecular weight is 265 g/mol. The molecular formula is C12H25ClN2O2. The van der Waals surface area contributed by atoms with E-state index in [2.05, 4.69) is 6.92 Å². The van der Waals surface area contributed by atoms with E-state index >= 15 is 0 Å². The van der Waals surface area contributed by atoms with Crippen LogP contribution in [0.1, 0.15) is 33.1 Å². The number of halogens is 1. The third-order valence-corrected chi connectivity index (χ3v) is 3.31. The number of nitrogens with zero attached hydrogens (tertiary/aromatic N) is 1. The quantitative estimate of drug-likeness (QED) is 0.836. The maximum Gasteiger partial charge on any atom is 0.224 e. The molecule has 0 spiro atoms. The van der Waals surface area contributed by atoms with Crippen molar-refractivity contribution in [3.63, 3.8) is 0 Å². The second kappa shape index (κ2) is 7.19. The summed E-state index contributed by atoms with van der Waals surface area (Å²) in [5.74, 6) is 0.189. The minimum Gasteiger partial charge on any atom is -0.384 e. The van der Waals surface area contributed by atoms with Crippen LogP contribution in [0.5, 0.6) is 0 Å². The molecule has 0 aromatic carbocycles. The molecule has 1 aliphatic rings. The van der Waals surface area contributed by atoms with Gasteiger partial charge in [0, 0.05) is 32.7 Å². The fourth-order valence-electron chi connectivity index (χ4n) is 2.19. The van der Waals surface area contributed by atoms with Crippen LogP contribution in [0.2, 0.25) is 0 Å². The summed E-state index contributed by atoms with van der Waals surface area (Å²) in [5.41, 5.74) is 5.87. The van der Waals surface area contributed by atoms with Crippen LogP contribution in [-0.4, -0.2) is 43.7 Å². The van der Waals surface area contributed by atoms with Crippen molar-refractivity contribution >= 4 is 18.3 Å². The number of piperidine rings is 1. The summed E-state index contributed by atoms with van der Waals surface area (Å²) >= 11 is 0. The maximum atomic E-state index is 11.8. The molecule has 1 aliphatic heterocycles. The minimum absolute atomic E-state index is 0. The van der Waals surface area contributed by atoms with Crippen molar-refractivity contribution in [3.05, 3.63) is 0 Å². The zero-order valence-electron chi connectivity index (χ0n) is 11.1. The predicted molar refractivity (Wildman–Crippen MR) is 71.3 cm³/mol. The second-order valence-corrected chi connectivity index (χ2v) is 5.31. The predicted octanol–water partition coefficient (Wildman–Crippen LogP) is 1.42. The van der Waals surface area contributed by atoms with Crippen LogP contribution in [-0.2, 0) is 9.53 Å². The van der Waals surface area contributed by atoms with E-state index in [-0.39, 0.29) is 29.8 Å². The summed E-state index contributed by atoms with van der Waals surface area (Å²) in [4.78, 5) is 13.7. The SMILES string of the molecule is COCC1(C)CCN(C(=O)CC(C)N)CC1.Cl. The Kier molecular flexibility index (Phi) is 7.05. The van der Waals surface area contributed by atoms with Crippen molar-refractivity contribution in [2.75, 3.05) is 26.8 Å². The van der Waals surface area contributed by atoms with Gasteiger partial charge in [0.25, 0.3) is 0 Å². The standard InChI is InChI=1S/C12H24N2O2.ClH/c1-10(13)8-11(15)14-6-4-12(2,5-7-14)9-16-3;/h10H,4-9,13H2,1-3H3;1H. The molecule has 0 aromatic heterocycles. The van der Waals surface area contributed by atoms with E-state index in [1.165, 1.54) is 0 Å². The van der Waals surface area contributed by atoms with Crippen LogP contribution in [0.4, 0.5) is 0 Å². The van der Waals surface area contributed by atoms with Gasteiger partial charge in [0.2, 0.25) is 5.91 Å². The first-order valence-electron chi connectivity index (χ1n) is 5.99. The summed E-state index contributed by atoms with van der Waals surface area (Å²) in [7, 11) is 1.73. The van der Waals surface area contributed by atoms with Crippen molar-refractivity contribution in [2.24, 2.45) is 11.1 Å². The Morgan fingerprint density at radius 2 is 2.00 bits per heavy atom. The molecule has 102 valence electrons. The van der Waals surface area contributed by atoms with Gasteiger partial charge in [-0.2, -0.15) is 0 Å². The third-order valence-electron chi connectivity index (χ3n) is 3.31. The lowest BCUT2D eigenvalue weighted by atomic mass is 9.81. The highest BCUT2D eigenvalue weighted by molar-refractivity contribution is 5.85. The molecule has 0 saturated carbocycles. The van der Waals surface area contributed by atoms with Gasteiger partial charge in [-0.05, 0) is 25.2 Å². The largest absolute Gasteiger partial charge is 0.384 e. The van der Waals surface area contributed by atoms with E-state index in [1.807, 2.05) is 11.8 Å². The maximum absolute atomic E-state index is 11.8. The van der Waals surface area contributed by atoms with Crippen molar-refractivity contribution in [2.45, 2.75) is 39.2 Å². The van der Waals surface area contributed by atoms with E-state index < -0.39 is 0 Å². The zero-order chi connectivity index (χ0) is 12.2. The molecule has 1 unspecified atom stereocenters. The molecule has 5 heteroatoms. The van der Waals surface area contributed by atoms with Gasteiger partial charge >= 0.3 is 0 Å². The molecule has 1 atom stereocenters. The Balaban J connectivity index is 0.00000256. The molecular weight excluding hydrogens is 240 g/mol. The number of ether oxygens (including phenoxy) is 1. The van der Waals surface area contributed by atoms with E-state index in [4.69, 9.17) is 10.5 Å². The third kappa shape index (κ3) is 5.23. The van der Waals surface area contributed by atoms with Crippen molar-refractivity contribution in [1.29, 1.82) is 0 Å². The van der Waals surface area contributed by atoms with Crippen molar-refractivity contribution in [3.8, 4) is 0 Å². The first-order valence-corrected chi connectivity index (χ1v) is 5.99. The summed E-state index contributed by atoms with van der Waals surface area (Å²) in [6, 6.07) is -0.0419. The van der Waals surface area contributed by atoms with Gasteiger partial charge in [0.05, 0.1) is 6.61 Å². The van der Waals surface area contributed by atoms with Crippen LogP contribution < -0.4 is 5.73 Å². The molecule has 0 aliphatic carbocycles. The van der Waals surface area contributed by atoms with Gasteiger partial charge in [-0.25, -0.2) is 0 Å². The fraction of sp³-hybridized carbons (Fsp3) is 0.917. The molecule has 1 saturated heterocycles. The lowest BCUT2D eigenvalue weighted by Gasteiger charge is -2.39. The van der Waals surface area contributed by atoms with Crippen LogP contribution >= 0.6 is 12.4 Å². The van der Waals surface area contributed by atoms with E-state index in [0.29, 0.717) is 6.42 Å². The normalized spacial score (nSPS) is 20.6. The Bertz CT molecular complexity index is 239. The summed E-state index contributed by atoms with van der Waals surface area (Å²) in [6.07, 6.45) is 2.50. The van der Waals surface area contributed by atoms with Crippen LogP contribution in [0, 0.1) is 5.41 Å². The Morgan fingerprint density at radius 3 is 2.41 bits per heavy atom. The summed E-state index contributed by atoms with van der Waals surface area (Å²) in [5, 5.41) is 0. The average Bonchev–Trinajstić information content (AvgIpc) is 2.17. The van der Waals surface area contributed by atoms with Crippen LogP contribution in [0.3, 0.4) is 0 Å². The number of carbonyl (C=O) groups excluding carboxylic acids is 1. The Labute approximate surface area is 110 Å². The molecule has 1 fully saturated rings. The highest BCUT2D eigenvalue weighted by Crippen LogP contribution is 2.31. The van der Waals surface area contributed by atoms with Gasteiger partial charge in [-0.1, -0.05) is 6.92 Å². The first kappa shape index (κ1) is 16.7. The Morgan fingerprint density at radius 1 is 1.47 bits per heavy atom. The van der Waals surface area contributed by atoms with E-state index in [9.17, 15) is 4.79 Å². The number of carbonyl (C=O) groups is 1. The molecule has 0 aromatic rings. The van der Waals surface area contributed by atoms with Crippen LogP contribution in [0.15, 0.2) is 0 Å². The number of likely N-dealkylation sites (tertiary alicyclic amines) is 1. The van der Waals surface area contributed by atoms with Gasteiger partial charge in [0.15, 0.2) is 0 Å². The van der Waals surface area contributed by atoms with Gasteiger partial charge < -0.3 is 15.4 Å². The topological polar surface area (TPSA) is 55.6 Å². The lowest BCUT2D eigenvalue weighted by Crippen LogP contribution is -2.44. The smallest absolute Gasteiger partial charge is 0.224 e. The van der Waals surface area contributed by atoms with Gasteiger partial charge in [-0.15, -0.1) is 12.4 Å². The molecule has 2 N–H and O–H groups in total. The summed E-state index contributed by atoms with van der Waals surface area (Å²) < 4.78 is 5.22. The number of hydrogen-bond acceptors (Lipinski definition) is 3. The minimum atomic E-state index is -0.0419. The molecule has 4 nitrogen and oxygen atoms in total. The van der Waals surface area contributed by atoms with E-state index in [1.54, 1.807) is 7.11 Å². The lowest BCUT2D eigenvalue weighted by molar-refractivity contribution is -0.134. The molecule has 0 bridgehead atoms. The molecule has 1 heterocycles.